The highest BCUT2D eigenvalue weighted by molar-refractivity contribution is 5.97. The Morgan fingerprint density at radius 2 is 1.84 bits per heavy atom. The first-order valence-corrected chi connectivity index (χ1v) is 11.3. The average Bonchev–Trinajstić information content (AvgIpc) is 2.79. The molecule has 0 saturated heterocycles. The number of carbonyl (C=O) groups excluding carboxylic acids is 2. The number of hydrogen-bond acceptors (Lipinski definition) is 5. The van der Waals surface area contributed by atoms with E-state index >= 15 is 0 Å². The van der Waals surface area contributed by atoms with E-state index < -0.39 is 0 Å². The lowest BCUT2D eigenvalue weighted by atomic mass is 10.1. The van der Waals surface area contributed by atoms with Gasteiger partial charge in [-0.3, -0.25) is 14.5 Å². The number of anilines is 2. The van der Waals surface area contributed by atoms with Crippen molar-refractivity contribution in [2.75, 3.05) is 56.5 Å². The smallest absolute Gasteiger partial charge is 0.253 e. The molecule has 0 spiro atoms. The van der Waals surface area contributed by atoms with E-state index in [1.165, 1.54) is 0 Å². The quantitative estimate of drug-likeness (QED) is 0.651. The van der Waals surface area contributed by atoms with Crippen molar-refractivity contribution < 1.29 is 14.3 Å². The van der Waals surface area contributed by atoms with Gasteiger partial charge in [-0.05, 0) is 58.2 Å². The normalized spacial score (nSPS) is 15.2. The Bertz CT molecular complexity index is 929. The minimum atomic E-state index is -0.122. The van der Waals surface area contributed by atoms with Crippen molar-refractivity contribution in [1.82, 2.24) is 9.80 Å². The van der Waals surface area contributed by atoms with E-state index in [1.54, 1.807) is 29.2 Å². The molecule has 0 aliphatic carbocycles. The van der Waals surface area contributed by atoms with Crippen molar-refractivity contribution in [1.29, 1.82) is 0 Å². The zero-order valence-electron chi connectivity index (χ0n) is 19.5. The molecule has 1 unspecified atom stereocenters. The van der Waals surface area contributed by atoms with Crippen LogP contribution >= 0.6 is 0 Å². The molecule has 0 radical (unpaired) electrons. The van der Waals surface area contributed by atoms with Crippen LogP contribution in [0.3, 0.4) is 0 Å². The summed E-state index contributed by atoms with van der Waals surface area (Å²) < 4.78 is 6.16. The molecule has 1 aliphatic rings. The first kappa shape index (κ1) is 23.6. The van der Waals surface area contributed by atoms with Crippen molar-refractivity contribution >= 4 is 23.2 Å². The zero-order valence-corrected chi connectivity index (χ0v) is 19.5. The SMILES string of the molecule is CCN(CC)C(=O)c1cccc(NC(=O)CN(C)CC2CN(CC)c3ccccc3O2)c1. The fraction of sp³-hybridized carbons (Fsp3) is 0.440. The predicted octanol–water partition coefficient (Wildman–Crippen LogP) is 3.33. The average molecular weight is 439 g/mol. The summed E-state index contributed by atoms with van der Waals surface area (Å²) >= 11 is 0. The van der Waals surface area contributed by atoms with Crippen LogP contribution in [-0.4, -0.2) is 74.0 Å². The number of ether oxygens (including phenoxy) is 1. The highest BCUT2D eigenvalue weighted by Crippen LogP contribution is 2.32. The molecule has 0 aromatic heterocycles. The third-order valence-electron chi connectivity index (χ3n) is 5.68. The first-order valence-electron chi connectivity index (χ1n) is 11.3. The van der Waals surface area contributed by atoms with Crippen LogP contribution in [0.15, 0.2) is 48.5 Å². The summed E-state index contributed by atoms with van der Waals surface area (Å²) in [5.41, 5.74) is 2.32. The monoisotopic (exact) mass is 438 g/mol. The summed E-state index contributed by atoms with van der Waals surface area (Å²) in [5, 5.41) is 2.91. The lowest BCUT2D eigenvalue weighted by molar-refractivity contribution is -0.117. The molecule has 1 N–H and O–H groups in total. The number of rotatable bonds is 9. The van der Waals surface area contributed by atoms with Crippen molar-refractivity contribution in [2.24, 2.45) is 0 Å². The Balaban J connectivity index is 1.55. The number of fused-ring (bicyclic) bond motifs is 1. The van der Waals surface area contributed by atoms with Crippen LogP contribution < -0.4 is 15.0 Å². The maximum Gasteiger partial charge on any atom is 0.253 e. The Labute approximate surface area is 190 Å². The Morgan fingerprint density at radius 3 is 2.56 bits per heavy atom. The molecule has 32 heavy (non-hydrogen) atoms. The number of amides is 2. The first-order chi connectivity index (χ1) is 15.4. The number of carbonyl (C=O) groups is 2. The van der Waals surface area contributed by atoms with Gasteiger partial charge in [-0.1, -0.05) is 18.2 Å². The van der Waals surface area contributed by atoms with E-state index in [0.717, 1.165) is 24.5 Å². The van der Waals surface area contributed by atoms with Crippen molar-refractivity contribution in [3.05, 3.63) is 54.1 Å². The number of hydrogen-bond donors (Lipinski definition) is 1. The molecule has 0 fully saturated rings. The Hall–Kier alpha value is -3.06. The van der Waals surface area contributed by atoms with Crippen LogP contribution in [-0.2, 0) is 4.79 Å². The van der Waals surface area contributed by atoms with Gasteiger partial charge in [-0.2, -0.15) is 0 Å². The molecule has 0 saturated carbocycles. The third kappa shape index (κ3) is 5.79. The lowest BCUT2D eigenvalue weighted by Crippen LogP contribution is -2.46. The van der Waals surface area contributed by atoms with E-state index in [0.29, 0.717) is 30.9 Å². The summed E-state index contributed by atoms with van der Waals surface area (Å²) in [4.78, 5) is 31.2. The molecule has 2 aromatic carbocycles. The van der Waals surface area contributed by atoms with Crippen molar-refractivity contribution in [3.63, 3.8) is 0 Å². The Kier molecular flexibility index (Phi) is 8.11. The van der Waals surface area contributed by atoms with Gasteiger partial charge in [0.2, 0.25) is 5.91 Å². The maximum absolute atomic E-state index is 12.6. The number of para-hydroxylation sites is 2. The van der Waals surface area contributed by atoms with Gasteiger partial charge in [0.05, 0.1) is 18.8 Å². The molecule has 1 aliphatic heterocycles. The number of likely N-dealkylation sites (N-methyl/N-ethyl adjacent to an activating group) is 2. The van der Waals surface area contributed by atoms with E-state index in [2.05, 4.69) is 23.2 Å². The van der Waals surface area contributed by atoms with Crippen molar-refractivity contribution in [3.8, 4) is 5.75 Å². The maximum atomic E-state index is 12.6. The van der Waals surface area contributed by atoms with Gasteiger partial charge < -0.3 is 19.9 Å². The van der Waals surface area contributed by atoms with Crippen LogP contribution in [0.4, 0.5) is 11.4 Å². The molecule has 2 aromatic rings. The lowest BCUT2D eigenvalue weighted by Gasteiger charge is -2.37. The fourth-order valence-corrected chi connectivity index (χ4v) is 4.05. The minimum Gasteiger partial charge on any atom is -0.485 e. The number of nitrogens with zero attached hydrogens (tertiary/aromatic N) is 3. The van der Waals surface area contributed by atoms with Gasteiger partial charge in [0.1, 0.15) is 11.9 Å². The summed E-state index contributed by atoms with van der Waals surface area (Å²) in [7, 11) is 1.92. The highest BCUT2D eigenvalue weighted by Gasteiger charge is 2.26. The number of nitrogens with one attached hydrogen (secondary N) is 1. The topological polar surface area (TPSA) is 65.1 Å². The third-order valence-corrected chi connectivity index (χ3v) is 5.68. The van der Waals surface area contributed by atoms with Crippen LogP contribution in [0.2, 0.25) is 0 Å². The summed E-state index contributed by atoms with van der Waals surface area (Å²) in [6.07, 6.45) is -0.0160. The highest BCUT2D eigenvalue weighted by atomic mass is 16.5. The molecular weight excluding hydrogens is 404 g/mol. The van der Waals surface area contributed by atoms with Gasteiger partial charge in [0, 0.05) is 37.4 Å². The van der Waals surface area contributed by atoms with E-state index in [-0.39, 0.29) is 24.5 Å². The molecule has 3 rings (SSSR count). The van der Waals surface area contributed by atoms with Crippen LogP contribution in [0, 0.1) is 0 Å². The van der Waals surface area contributed by atoms with E-state index in [4.69, 9.17) is 4.74 Å². The molecule has 7 nitrogen and oxygen atoms in total. The van der Waals surface area contributed by atoms with E-state index in [9.17, 15) is 9.59 Å². The van der Waals surface area contributed by atoms with Crippen LogP contribution in [0.1, 0.15) is 31.1 Å². The minimum absolute atomic E-state index is 0.0160. The summed E-state index contributed by atoms with van der Waals surface area (Å²) in [6, 6.07) is 15.2. The Morgan fingerprint density at radius 1 is 1.09 bits per heavy atom. The number of benzene rings is 2. The summed E-state index contributed by atoms with van der Waals surface area (Å²) in [6.45, 7) is 9.92. The largest absolute Gasteiger partial charge is 0.485 e. The zero-order chi connectivity index (χ0) is 23.1. The van der Waals surface area contributed by atoms with Gasteiger partial charge in [-0.15, -0.1) is 0 Å². The molecular formula is C25H34N4O3. The molecule has 0 bridgehead atoms. The standard InChI is InChI=1S/C25H34N4O3/c1-5-28(6-2)25(31)19-11-10-12-20(15-19)26-24(30)18-27(4)16-21-17-29(7-3)22-13-8-9-14-23(22)32-21/h8-15,21H,5-7,16-18H2,1-4H3,(H,26,30). The van der Waals surface area contributed by atoms with Gasteiger partial charge in [0.15, 0.2) is 0 Å². The molecule has 1 heterocycles. The molecule has 2 amide bonds. The molecule has 1 atom stereocenters. The molecule has 172 valence electrons. The van der Waals surface area contributed by atoms with Gasteiger partial charge >= 0.3 is 0 Å². The summed E-state index contributed by atoms with van der Waals surface area (Å²) in [5.74, 6) is 0.736. The van der Waals surface area contributed by atoms with Crippen LogP contribution in [0.25, 0.3) is 0 Å². The fourth-order valence-electron chi connectivity index (χ4n) is 4.05. The second-order valence-corrected chi connectivity index (χ2v) is 8.05. The van der Waals surface area contributed by atoms with Crippen LogP contribution in [0.5, 0.6) is 5.75 Å². The predicted molar refractivity (Wildman–Crippen MR) is 129 cm³/mol. The van der Waals surface area contributed by atoms with E-state index in [1.807, 2.05) is 44.0 Å². The second kappa shape index (κ2) is 11.0. The van der Waals surface area contributed by atoms with Gasteiger partial charge in [-0.25, -0.2) is 0 Å². The second-order valence-electron chi connectivity index (χ2n) is 8.05. The van der Waals surface area contributed by atoms with Crippen molar-refractivity contribution in [2.45, 2.75) is 26.9 Å². The molecule has 7 heteroatoms. The van der Waals surface area contributed by atoms with Gasteiger partial charge in [0.25, 0.3) is 5.91 Å².